The summed E-state index contributed by atoms with van der Waals surface area (Å²) in [6, 6.07) is 18.8. The number of hydrogen-bond donors (Lipinski definition) is 1. The molecule has 0 radical (unpaired) electrons. The average Bonchev–Trinajstić information content (AvgIpc) is 3.47. The third kappa shape index (κ3) is 4.63. The normalized spacial score (nSPS) is 28.9. The SMILES string of the molecule is CCC1NC2=C(CCC=C2)N1c1ccc(C2=C3CCC=CC3C(C3C=CC(C4C=CC=CC4)=CC3)c3ccccc32)cc1. The van der Waals surface area contributed by atoms with Gasteiger partial charge < -0.3 is 10.2 Å². The van der Waals surface area contributed by atoms with Crippen molar-refractivity contribution < 1.29 is 0 Å². The molecule has 8 rings (SSSR count). The van der Waals surface area contributed by atoms with Gasteiger partial charge in [0.05, 0.1) is 5.70 Å². The van der Waals surface area contributed by atoms with Crippen molar-refractivity contribution in [2.75, 3.05) is 4.90 Å². The molecule has 1 heterocycles. The van der Waals surface area contributed by atoms with Gasteiger partial charge in [-0.2, -0.15) is 0 Å². The van der Waals surface area contributed by atoms with Gasteiger partial charge in [0.25, 0.3) is 0 Å². The van der Waals surface area contributed by atoms with Crippen molar-refractivity contribution >= 4 is 11.3 Å². The summed E-state index contributed by atoms with van der Waals surface area (Å²) in [5.74, 6) is 1.98. The first-order valence-corrected chi connectivity index (χ1v) is 16.6. The van der Waals surface area contributed by atoms with E-state index in [9.17, 15) is 0 Å². The van der Waals surface area contributed by atoms with Crippen LogP contribution in [0.2, 0.25) is 0 Å². The fourth-order valence-electron chi connectivity index (χ4n) is 8.51. The Hall–Kier alpha value is -4.04. The second-order valence-electron chi connectivity index (χ2n) is 12.9. The number of allylic oxidation sites excluding steroid dienone is 14. The van der Waals surface area contributed by atoms with Gasteiger partial charge >= 0.3 is 0 Å². The molecule has 6 aliphatic rings. The molecule has 1 aliphatic heterocycles. The Morgan fingerprint density at radius 3 is 2.53 bits per heavy atom. The van der Waals surface area contributed by atoms with Crippen molar-refractivity contribution in [3.05, 3.63) is 155 Å². The van der Waals surface area contributed by atoms with E-state index in [0.29, 0.717) is 29.8 Å². The van der Waals surface area contributed by atoms with Crippen molar-refractivity contribution in [2.45, 2.75) is 64.0 Å². The van der Waals surface area contributed by atoms with Gasteiger partial charge in [-0.1, -0.05) is 110 Å². The molecule has 0 fully saturated rings. The molecule has 2 aromatic rings. The lowest BCUT2D eigenvalue weighted by atomic mass is 9.62. The molecule has 216 valence electrons. The van der Waals surface area contributed by atoms with Crippen LogP contribution in [0.15, 0.2) is 138 Å². The number of anilines is 1. The number of hydrogen-bond acceptors (Lipinski definition) is 2. The highest BCUT2D eigenvalue weighted by atomic mass is 15.3. The fraction of sp³-hybridized carbons (Fsp3) is 0.317. The van der Waals surface area contributed by atoms with E-state index in [4.69, 9.17) is 0 Å². The van der Waals surface area contributed by atoms with Crippen molar-refractivity contribution in [1.29, 1.82) is 0 Å². The Balaban J connectivity index is 1.14. The summed E-state index contributed by atoms with van der Waals surface area (Å²) in [7, 11) is 0. The van der Waals surface area contributed by atoms with E-state index in [2.05, 4.69) is 133 Å². The second-order valence-corrected chi connectivity index (χ2v) is 12.9. The average molecular weight is 563 g/mol. The highest BCUT2D eigenvalue weighted by Gasteiger charge is 2.39. The zero-order chi connectivity index (χ0) is 28.8. The van der Waals surface area contributed by atoms with Crippen LogP contribution in [0, 0.1) is 17.8 Å². The molecule has 0 amide bonds. The maximum Gasteiger partial charge on any atom is 0.103 e. The Morgan fingerprint density at radius 2 is 1.72 bits per heavy atom. The Labute approximate surface area is 257 Å². The molecule has 5 aliphatic carbocycles. The van der Waals surface area contributed by atoms with Crippen molar-refractivity contribution in [3.63, 3.8) is 0 Å². The predicted octanol–water partition coefficient (Wildman–Crippen LogP) is 9.89. The van der Waals surface area contributed by atoms with E-state index in [0.717, 1.165) is 44.9 Å². The summed E-state index contributed by atoms with van der Waals surface area (Å²) in [4.78, 5) is 2.55. The summed E-state index contributed by atoms with van der Waals surface area (Å²) in [5, 5.41) is 3.76. The first-order chi connectivity index (χ1) is 21.3. The van der Waals surface area contributed by atoms with Crippen molar-refractivity contribution in [1.82, 2.24) is 5.32 Å². The smallest absolute Gasteiger partial charge is 0.103 e. The molecular weight excluding hydrogens is 520 g/mol. The van der Waals surface area contributed by atoms with Crippen LogP contribution in [0.3, 0.4) is 0 Å². The van der Waals surface area contributed by atoms with Crippen LogP contribution in [0.25, 0.3) is 5.57 Å². The van der Waals surface area contributed by atoms with Crippen molar-refractivity contribution in [3.8, 4) is 0 Å². The molecule has 0 saturated heterocycles. The van der Waals surface area contributed by atoms with Gasteiger partial charge in [0, 0.05) is 29.1 Å². The summed E-state index contributed by atoms with van der Waals surface area (Å²) in [6.07, 6.45) is 34.3. The van der Waals surface area contributed by atoms with Crippen LogP contribution >= 0.6 is 0 Å². The van der Waals surface area contributed by atoms with E-state index in [1.165, 1.54) is 44.9 Å². The van der Waals surface area contributed by atoms with Gasteiger partial charge in [-0.3, -0.25) is 0 Å². The van der Waals surface area contributed by atoms with E-state index in [-0.39, 0.29) is 0 Å². The molecule has 0 saturated carbocycles. The van der Waals surface area contributed by atoms with Gasteiger partial charge in [0.2, 0.25) is 0 Å². The topological polar surface area (TPSA) is 15.3 Å². The van der Waals surface area contributed by atoms with E-state index < -0.39 is 0 Å². The minimum atomic E-state index is 0.327. The van der Waals surface area contributed by atoms with Gasteiger partial charge in [-0.15, -0.1) is 0 Å². The number of rotatable bonds is 5. The number of benzene rings is 2. The van der Waals surface area contributed by atoms with Crippen LogP contribution in [-0.2, 0) is 0 Å². The first kappa shape index (κ1) is 26.6. The molecule has 43 heavy (non-hydrogen) atoms. The Bertz CT molecular complexity index is 1650. The van der Waals surface area contributed by atoms with Crippen LogP contribution in [0.4, 0.5) is 5.69 Å². The Morgan fingerprint density at radius 1 is 0.837 bits per heavy atom. The van der Waals surface area contributed by atoms with Gasteiger partial charge in [-0.05, 0) is 96.9 Å². The minimum Gasteiger partial charge on any atom is -0.364 e. The third-order valence-electron chi connectivity index (χ3n) is 10.5. The third-order valence-corrected chi connectivity index (χ3v) is 10.5. The zero-order valence-electron chi connectivity index (χ0n) is 25.3. The lowest BCUT2D eigenvalue weighted by Gasteiger charge is -2.41. The molecule has 0 bridgehead atoms. The number of nitrogens with one attached hydrogen (secondary N) is 1. The van der Waals surface area contributed by atoms with Crippen LogP contribution in [0.5, 0.6) is 0 Å². The molecule has 5 atom stereocenters. The van der Waals surface area contributed by atoms with Gasteiger partial charge in [-0.25, -0.2) is 0 Å². The van der Waals surface area contributed by atoms with Crippen LogP contribution in [0.1, 0.15) is 74.5 Å². The lowest BCUT2D eigenvalue weighted by Crippen LogP contribution is -2.36. The monoisotopic (exact) mass is 562 g/mol. The zero-order valence-corrected chi connectivity index (χ0v) is 25.3. The first-order valence-electron chi connectivity index (χ1n) is 16.6. The summed E-state index contributed by atoms with van der Waals surface area (Å²) in [6.45, 7) is 2.28. The molecule has 0 aromatic heterocycles. The second kappa shape index (κ2) is 11.2. The van der Waals surface area contributed by atoms with E-state index in [1.54, 1.807) is 5.57 Å². The molecular formula is C41H42N2. The van der Waals surface area contributed by atoms with Crippen LogP contribution < -0.4 is 10.2 Å². The maximum absolute atomic E-state index is 3.76. The van der Waals surface area contributed by atoms with E-state index in [1.807, 2.05) is 0 Å². The molecule has 5 unspecified atom stereocenters. The molecule has 2 nitrogen and oxygen atoms in total. The van der Waals surface area contributed by atoms with E-state index >= 15 is 0 Å². The van der Waals surface area contributed by atoms with Crippen molar-refractivity contribution in [2.24, 2.45) is 17.8 Å². The minimum absolute atomic E-state index is 0.327. The predicted molar refractivity (Wildman–Crippen MR) is 180 cm³/mol. The molecule has 2 heteroatoms. The summed E-state index contributed by atoms with van der Waals surface area (Å²) >= 11 is 0. The molecule has 1 N–H and O–H groups in total. The Kier molecular flexibility index (Phi) is 6.94. The molecule has 0 spiro atoms. The number of fused-ring (bicyclic) bond motifs is 2. The maximum atomic E-state index is 3.76. The lowest BCUT2D eigenvalue weighted by molar-refractivity contribution is 0.419. The molecule has 2 aromatic carbocycles. The number of nitrogens with zero attached hydrogens (tertiary/aromatic N) is 1. The largest absolute Gasteiger partial charge is 0.364 e. The fourth-order valence-corrected chi connectivity index (χ4v) is 8.51. The highest BCUT2D eigenvalue weighted by molar-refractivity contribution is 5.87. The van der Waals surface area contributed by atoms with Gasteiger partial charge in [0.15, 0.2) is 0 Å². The van der Waals surface area contributed by atoms with Crippen LogP contribution in [-0.4, -0.2) is 6.17 Å². The quantitative estimate of drug-likeness (QED) is 0.365. The standard InChI is InChI=1S/C41H42N2/c1-2-39-42-37-18-10-11-19-38(37)43(39)32-26-24-31(25-27-32)41-35-16-8-6-14-33(35)40(34-15-7-9-17-36(34)41)30-22-20-29(21-23-30)28-12-4-3-5-13-28/h3-8,10,12,14-16,18,20-22,24-28,30,34,39-40,42H,2,9,11,13,17,19,23H2,1H3. The van der Waals surface area contributed by atoms with Gasteiger partial charge in [0.1, 0.15) is 6.17 Å². The summed E-state index contributed by atoms with van der Waals surface area (Å²) < 4.78 is 0. The summed E-state index contributed by atoms with van der Waals surface area (Å²) in [5.41, 5.74) is 13.0. The highest BCUT2D eigenvalue weighted by Crippen LogP contribution is 2.53.